The van der Waals surface area contributed by atoms with Gasteiger partial charge in [0, 0.05) is 12.6 Å². The summed E-state index contributed by atoms with van der Waals surface area (Å²) in [5, 5.41) is 20.2. The van der Waals surface area contributed by atoms with Crippen LogP contribution in [0, 0.1) is 0 Å². The average molecular weight is 486 g/mol. The fourth-order valence-corrected chi connectivity index (χ4v) is 5.69. The molecule has 1 aromatic carbocycles. The lowest BCUT2D eigenvalue weighted by Gasteiger charge is -2.29. The van der Waals surface area contributed by atoms with Crippen LogP contribution in [0.5, 0.6) is 5.75 Å². The van der Waals surface area contributed by atoms with E-state index in [2.05, 4.69) is 25.8 Å². The number of carbonyl (C=O) groups is 1. The lowest BCUT2D eigenvalue weighted by atomic mass is 10.0. The Hall–Kier alpha value is -2.73. The zero-order chi connectivity index (χ0) is 22.8. The Labute approximate surface area is 198 Å². The first-order valence-corrected chi connectivity index (χ1v) is 12.4. The number of nitrogens with one attached hydrogen (secondary N) is 2. The predicted octanol–water partition coefficient (Wildman–Crippen LogP) is 3.26. The molecule has 11 heteroatoms. The van der Waals surface area contributed by atoms with Crippen LogP contribution in [0.2, 0.25) is 0 Å². The molecule has 2 aromatic heterocycles. The van der Waals surface area contributed by atoms with Crippen LogP contribution in [0.3, 0.4) is 0 Å². The number of hydrogen-bond donors (Lipinski definition) is 3. The van der Waals surface area contributed by atoms with Crippen molar-refractivity contribution in [2.24, 2.45) is 5.16 Å². The maximum atomic E-state index is 11.6. The van der Waals surface area contributed by atoms with E-state index < -0.39 is 0 Å². The first-order valence-electron chi connectivity index (χ1n) is 10.6. The molecule has 9 nitrogen and oxygen atoms in total. The smallest absolute Gasteiger partial charge is 0.235 e. The topological polar surface area (TPSA) is 118 Å². The number of rotatable bonds is 6. The molecule has 0 bridgehead atoms. The molecule has 0 aliphatic carbocycles. The summed E-state index contributed by atoms with van der Waals surface area (Å²) in [6.45, 7) is 1.06. The van der Waals surface area contributed by atoms with Gasteiger partial charge in [0.2, 0.25) is 5.91 Å². The molecule has 3 aromatic rings. The molecule has 1 fully saturated rings. The highest BCUT2D eigenvalue weighted by Gasteiger charge is 2.29. The molecule has 0 saturated carbocycles. The number of anilines is 1. The molecule has 2 aliphatic rings. The van der Waals surface area contributed by atoms with E-state index >= 15 is 0 Å². The van der Waals surface area contributed by atoms with Gasteiger partial charge in [-0.1, -0.05) is 11.2 Å². The second-order valence-corrected chi connectivity index (χ2v) is 9.82. The quantitative estimate of drug-likeness (QED) is 0.277. The summed E-state index contributed by atoms with van der Waals surface area (Å²) >= 11 is 2.96. The molecular formula is C22H23N5O4S2. The van der Waals surface area contributed by atoms with Crippen molar-refractivity contribution in [3.63, 3.8) is 0 Å². The number of para-hydroxylation sites is 1. The fraction of sp³-hybridized carbons (Fsp3) is 0.364. The summed E-state index contributed by atoms with van der Waals surface area (Å²) < 4.78 is 12.4. The van der Waals surface area contributed by atoms with E-state index in [4.69, 9.17) is 9.47 Å². The summed E-state index contributed by atoms with van der Waals surface area (Å²) in [7, 11) is 1.61. The van der Waals surface area contributed by atoms with E-state index in [0.29, 0.717) is 47.6 Å². The maximum absolute atomic E-state index is 11.6. The van der Waals surface area contributed by atoms with Gasteiger partial charge in [-0.25, -0.2) is 9.97 Å². The predicted molar refractivity (Wildman–Crippen MR) is 128 cm³/mol. The molecule has 1 saturated heterocycles. The minimum Gasteiger partial charge on any atom is -0.494 e. The van der Waals surface area contributed by atoms with E-state index in [1.165, 1.54) is 23.1 Å². The third kappa shape index (κ3) is 4.67. The van der Waals surface area contributed by atoms with Gasteiger partial charge in [0.1, 0.15) is 33.9 Å². The number of benzene rings is 1. The summed E-state index contributed by atoms with van der Waals surface area (Å²) in [5.74, 6) is 1.72. The second kappa shape index (κ2) is 9.64. The van der Waals surface area contributed by atoms with Crippen LogP contribution in [0.1, 0.15) is 23.5 Å². The lowest BCUT2D eigenvalue weighted by Crippen LogP contribution is -2.42. The summed E-state index contributed by atoms with van der Waals surface area (Å²) in [4.78, 5) is 21.8. The van der Waals surface area contributed by atoms with Crippen LogP contribution >= 0.6 is 23.1 Å². The monoisotopic (exact) mass is 485 g/mol. The Balaban J connectivity index is 1.19. The largest absolute Gasteiger partial charge is 0.494 e. The number of ether oxygens (including phenoxy) is 2. The Kier molecular flexibility index (Phi) is 6.45. The van der Waals surface area contributed by atoms with Crippen molar-refractivity contribution < 1.29 is 19.5 Å². The fourth-order valence-electron chi connectivity index (χ4n) is 3.92. The molecule has 4 heterocycles. The van der Waals surface area contributed by atoms with Crippen molar-refractivity contribution >= 4 is 50.8 Å². The van der Waals surface area contributed by atoms with Crippen molar-refractivity contribution in [2.75, 3.05) is 24.8 Å². The number of methoxy groups -OCH3 is 1. The van der Waals surface area contributed by atoms with E-state index in [9.17, 15) is 10.0 Å². The highest BCUT2D eigenvalue weighted by atomic mass is 32.2. The molecule has 0 spiro atoms. The zero-order valence-electron chi connectivity index (χ0n) is 17.9. The highest BCUT2D eigenvalue weighted by molar-refractivity contribution is 8.00. The van der Waals surface area contributed by atoms with Crippen LogP contribution in [-0.2, 0) is 16.1 Å². The normalized spacial score (nSPS) is 21.0. The summed E-state index contributed by atoms with van der Waals surface area (Å²) in [6.07, 6.45) is 1.23. The van der Waals surface area contributed by atoms with Gasteiger partial charge in [0.15, 0.2) is 0 Å². The number of hydrogen-bond acceptors (Lipinski definition) is 10. The van der Waals surface area contributed by atoms with E-state index in [1.54, 1.807) is 7.11 Å². The van der Waals surface area contributed by atoms with Gasteiger partial charge in [-0.15, -0.1) is 23.1 Å². The summed E-state index contributed by atoms with van der Waals surface area (Å²) in [5.41, 5.74) is 2.06. The molecule has 2 unspecified atom stereocenters. The number of aromatic nitrogens is 2. The van der Waals surface area contributed by atoms with Gasteiger partial charge >= 0.3 is 0 Å². The number of oxime groups is 1. The SMILES string of the molecule is COc1cccc2sc(C(=NO)C3CCC(NCc4ccc5c(n4)NC(=O)CS5)CO3)nc12. The van der Waals surface area contributed by atoms with Gasteiger partial charge in [0.25, 0.3) is 0 Å². The third-order valence-corrected chi connectivity index (χ3v) is 7.70. The van der Waals surface area contributed by atoms with E-state index in [0.717, 1.165) is 27.2 Å². The van der Waals surface area contributed by atoms with Gasteiger partial charge in [-0.2, -0.15) is 0 Å². The van der Waals surface area contributed by atoms with Crippen molar-refractivity contribution in [3.8, 4) is 5.75 Å². The number of carbonyl (C=O) groups excluding carboxylic acids is 1. The first-order chi connectivity index (χ1) is 16.1. The second-order valence-electron chi connectivity index (χ2n) is 7.77. The van der Waals surface area contributed by atoms with Crippen molar-refractivity contribution in [1.29, 1.82) is 0 Å². The summed E-state index contributed by atoms with van der Waals surface area (Å²) in [6, 6.07) is 9.86. The Bertz CT molecular complexity index is 1210. The van der Waals surface area contributed by atoms with Crippen LogP contribution in [0.4, 0.5) is 5.82 Å². The zero-order valence-corrected chi connectivity index (χ0v) is 19.5. The lowest BCUT2D eigenvalue weighted by molar-refractivity contribution is -0.113. The van der Waals surface area contributed by atoms with Crippen molar-refractivity contribution in [2.45, 2.75) is 36.4 Å². The van der Waals surface area contributed by atoms with E-state index in [-0.39, 0.29) is 18.1 Å². The van der Waals surface area contributed by atoms with Gasteiger partial charge in [0.05, 0.1) is 34.8 Å². The number of pyridine rings is 1. The number of fused-ring (bicyclic) bond motifs is 2. The molecule has 2 atom stereocenters. The highest BCUT2D eigenvalue weighted by Crippen LogP contribution is 2.32. The van der Waals surface area contributed by atoms with Crippen LogP contribution < -0.4 is 15.4 Å². The number of amides is 1. The number of nitrogens with zero attached hydrogens (tertiary/aromatic N) is 3. The molecule has 1 amide bonds. The van der Waals surface area contributed by atoms with Gasteiger partial charge < -0.3 is 25.3 Å². The number of thioether (sulfide) groups is 1. The van der Waals surface area contributed by atoms with E-state index in [1.807, 2.05) is 30.3 Å². The minimum atomic E-state index is -0.325. The maximum Gasteiger partial charge on any atom is 0.235 e. The molecule has 3 N–H and O–H groups in total. The van der Waals surface area contributed by atoms with Gasteiger partial charge in [-0.3, -0.25) is 4.79 Å². The Morgan fingerprint density at radius 2 is 2.24 bits per heavy atom. The van der Waals surface area contributed by atoms with Crippen LogP contribution in [-0.4, -0.2) is 58.4 Å². The van der Waals surface area contributed by atoms with Crippen LogP contribution in [0.25, 0.3) is 10.2 Å². The van der Waals surface area contributed by atoms with Gasteiger partial charge in [-0.05, 0) is 37.1 Å². The van der Waals surface area contributed by atoms with Crippen LogP contribution in [0.15, 0.2) is 40.4 Å². The first kappa shape index (κ1) is 22.1. The molecule has 172 valence electrons. The Morgan fingerprint density at radius 3 is 3.03 bits per heavy atom. The molecule has 5 rings (SSSR count). The van der Waals surface area contributed by atoms with Crippen molar-refractivity contribution in [3.05, 3.63) is 41.0 Å². The third-order valence-electron chi connectivity index (χ3n) is 5.61. The van der Waals surface area contributed by atoms with Crippen molar-refractivity contribution in [1.82, 2.24) is 15.3 Å². The molecular weight excluding hydrogens is 462 g/mol. The average Bonchev–Trinajstić information content (AvgIpc) is 3.27. The Morgan fingerprint density at radius 1 is 1.33 bits per heavy atom. The molecule has 33 heavy (non-hydrogen) atoms. The number of thiazole rings is 1. The minimum absolute atomic E-state index is 0.0234. The molecule has 2 aliphatic heterocycles. The standard InChI is InChI=1S/C22H23N5O4S2/c1-30-14-3-2-4-16-19(14)26-22(33-16)20(27-29)15-7-5-13(10-31-15)23-9-12-6-8-17-21(24-12)25-18(28)11-32-17/h2-4,6,8,13,15,23,29H,5,7,9-11H2,1H3,(H,24,25,28). The molecule has 0 radical (unpaired) electrons.